The van der Waals surface area contributed by atoms with Crippen LogP contribution in [0.25, 0.3) is 0 Å². The quantitative estimate of drug-likeness (QED) is 0.891. The Balaban J connectivity index is 2.18. The van der Waals surface area contributed by atoms with Gasteiger partial charge in [-0.15, -0.1) is 0 Å². The summed E-state index contributed by atoms with van der Waals surface area (Å²) in [7, 11) is 0. The Labute approximate surface area is 97.5 Å². The van der Waals surface area contributed by atoms with Gasteiger partial charge in [-0.25, -0.2) is 8.78 Å². The van der Waals surface area contributed by atoms with Gasteiger partial charge in [0.05, 0.1) is 12.4 Å². The minimum Gasteiger partial charge on any atom is -0.469 e. The number of aliphatic hydroxyl groups excluding tert-OH is 1. The third kappa shape index (κ3) is 2.71. The maximum atomic E-state index is 13.3. The van der Waals surface area contributed by atoms with Crippen LogP contribution in [0, 0.1) is 18.6 Å². The second-order valence-electron chi connectivity index (χ2n) is 3.95. The first-order valence-corrected chi connectivity index (χ1v) is 5.23. The molecule has 17 heavy (non-hydrogen) atoms. The molecule has 0 amide bonds. The molecular formula is C13H12F2O2. The zero-order valence-electron chi connectivity index (χ0n) is 9.28. The minimum atomic E-state index is -0.899. The highest BCUT2D eigenvalue weighted by molar-refractivity contribution is 5.23. The van der Waals surface area contributed by atoms with Crippen LogP contribution >= 0.6 is 0 Å². The average Bonchev–Trinajstić information content (AvgIpc) is 2.70. The van der Waals surface area contributed by atoms with Gasteiger partial charge in [-0.3, -0.25) is 0 Å². The Morgan fingerprint density at radius 1 is 1.29 bits per heavy atom. The first-order valence-electron chi connectivity index (χ1n) is 5.23. The Kier molecular flexibility index (Phi) is 3.24. The van der Waals surface area contributed by atoms with Gasteiger partial charge < -0.3 is 9.52 Å². The van der Waals surface area contributed by atoms with E-state index in [1.165, 1.54) is 6.26 Å². The second-order valence-corrected chi connectivity index (χ2v) is 3.95. The molecular weight excluding hydrogens is 226 g/mol. The van der Waals surface area contributed by atoms with E-state index in [1.807, 2.05) is 0 Å². The molecule has 0 radical (unpaired) electrons. The fraction of sp³-hybridized carbons (Fsp3) is 0.231. The van der Waals surface area contributed by atoms with E-state index in [0.29, 0.717) is 11.3 Å². The Morgan fingerprint density at radius 2 is 2.06 bits per heavy atom. The highest BCUT2D eigenvalue weighted by atomic mass is 19.1. The minimum absolute atomic E-state index is 0.0164. The van der Waals surface area contributed by atoms with Crippen molar-refractivity contribution in [2.75, 3.05) is 0 Å². The van der Waals surface area contributed by atoms with Crippen LogP contribution in [-0.2, 0) is 6.42 Å². The Morgan fingerprint density at radius 3 is 2.71 bits per heavy atom. The SMILES string of the molecule is Cc1cc(C(O)Cc2cc(F)ccc2F)co1. The predicted octanol–water partition coefficient (Wildman–Crippen LogP) is 3.14. The molecule has 2 rings (SSSR count). The molecule has 0 aliphatic rings. The molecule has 1 aromatic carbocycles. The van der Waals surface area contributed by atoms with Crippen LogP contribution in [0.3, 0.4) is 0 Å². The van der Waals surface area contributed by atoms with Gasteiger partial charge in [-0.2, -0.15) is 0 Å². The van der Waals surface area contributed by atoms with Crippen molar-refractivity contribution in [1.29, 1.82) is 0 Å². The summed E-state index contributed by atoms with van der Waals surface area (Å²) in [5.74, 6) is -0.374. The van der Waals surface area contributed by atoms with Gasteiger partial charge in [0.1, 0.15) is 17.4 Å². The third-order valence-electron chi connectivity index (χ3n) is 2.56. The van der Waals surface area contributed by atoms with Gasteiger partial charge in [-0.05, 0) is 36.8 Å². The van der Waals surface area contributed by atoms with Crippen LogP contribution in [0.5, 0.6) is 0 Å². The van der Waals surface area contributed by atoms with E-state index in [4.69, 9.17) is 4.42 Å². The summed E-state index contributed by atoms with van der Waals surface area (Å²) in [5, 5.41) is 9.85. The summed E-state index contributed by atoms with van der Waals surface area (Å²) in [6, 6.07) is 4.86. The molecule has 0 saturated carbocycles. The smallest absolute Gasteiger partial charge is 0.126 e. The maximum absolute atomic E-state index is 13.3. The Bertz CT molecular complexity index is 520. The van der Waals surface area contributed by atoms with Crippen LogP contribution in [0.2, 0.25) is 0 Å². The molecule has 0 aliphatic heterocycles. The molecule has 0 saturated heterocycles. The standard InChI is InChI=1S/C13H12F2O2/c1-8-4-10(7-17-8)13(16)6-9-5-11(14)2-3-12(9)15/h2-5,7,13,16H,6H2,1H3. The van der Waals surface area contributed by atoms with Crippen molar-refractivity contribution in [2.45, 2.75) is 19.4 Å². The largest absolute Gasteiger partial charge is 0.469 e. The van der Waals surface area contributed by atoms with Crippen molar-refractivity contribution >= 4 is 0 Å². The van der Waals surface area contributed by atoms with Crippen LogP contribution in [0.1, 0.15) is 23.0 Å². The third-order valence-corrected chi connectivity index (χ3v) is 2.56. The topological polar surface area (TPSA) is 33.4 Å². The monoisotopic (exact) mass is 238 g/mol. The van der Waals surface area contributed by atoms with Crippen LogP contribution in [0.15, 0.2) is 34.9 Å². The first kappa shape index (κ1) is 11.8. The summed E-state index contributed by atoms with van der Waals surface area (Å²) in [6.45, 7) is 1.75. The lowest BCUT2D eigenvalue weighted by Crippen LogP contribution is -2.03. The van der Waals surface area contributed by atoms with Crippen molar-refractivity contribution in [3.63, 3.8) is 0 Å². The lowest BCUT2D eigenvalue weighted by molar-refractivity contribution is 0.176. The van der Waals surface area contributed by atoms with Crippen LogP contribution in [0.4, 0.5) is 8.78 Å². The zero-order chi connectivity index (χ0) is 12.4. The molecule has 1 heterocycles. The molecule has 2 aromatic rings. The van der Waals surface area contributed by atoms with Crippen molar-refractivity contribution in [3.05, 3.63) is 59.1 Å². The second kappa shape index (κ2) is 4.67. The van der Waals surface area contributed by atoms with E-state index in [1.54, 1.807) is 13.0 Å². The summed E-state index contributed by atoms with van der Waals surface area (Å²) in [4.78, 5) is 0. The van der Waals surface area contributed by atoms with E-state index in [9.17, 15) is 13.9 Å². The summed E-state index contributed by atoms with van der Waals surface area (Å²) >= 11 is 0. The van der Waals surface area contributed by atoms with Gasteiger partial charge in [0.2, 0.25) is 0 Å². The average molecular weight is 238 g/mol. The number of aryl methyl sites for hydroxylation is 1. The van der Waals surface area contributed by atoms with Crippen molar-refractivity contribution < 1.29 is 18.3 Å². The van der Waals surface area contributed by atoms with E-state index in [0.717, 1.165) is 18.2 Å². The van der Waals surface area contributed by atoms with Crippen LogP contribution in [-0.4, -0.2) is 5.11 Å². The van der Waals surface area contributed by atoms with Gasteiger partial charge in [0.15, 0.2) is 0 Å². The molecule has 0 aliphatic carbocycles. The number of furan rings is 1. The van der Waals surface area contributed by atoms with Crippen LogP contribution < -0.4 is 0 Å². The van der Waals surface area contributed by atoms with Gasteiger partial charge in [0, 0.05) is 12.0 Å². The molecule has 1 aromatic heterocycles. The Hall–Kier alpha value is -1.68. The fourth-order valence-electron chi connectivity index (χ4n) is 1.66. The van der Waals surface area contributed by atoms with E-state index < -0.39 is 17.7 Å². The lowest BCUT2D eigenvalue weighted by atomic mass is 10.0. The zero-order valence-corrected chi connectivity index (χ0v) is 9.28. The number of aliphatic hydroxyl groups is 1. The molecule has 0 fully saturated rings. The van der Waals surface area contributed by atoms with Gasteiger partial charge in [0.25, 0.3) is 0 Å². The number of benzene rings is 1. The number of halogens is 2. The first-order chi connectivity index (χ1) is 8.06. The maximum Gasteiger partial charge on any atom is 0.126 e. The molecule has 1 N–H and O–H groups in total. The van der Waals surface area contributed by atoms with Crippen molar-refractivity contribution in [1.82, 2.24) is 0 Å². The highest BCUT2D eigenvalue weighted by Gasteiger charge is 2.14. The number of hydrogen-bond acceptors (Lipinski definition) is 2. The normalized spacial score (nSPS) is 12.7. The van der Waals surface area contributed by atoms with Crippen molar-refractivity contribution in [2.24, 2.45) is 0 Å². The number of hydrogen-bond donors (Lipinski definition) is 1. The summed E-state index contributed by atoms with van der Waals surface area (Å²) in [6.07, 6.45) is 0.531. The molecule has 90 valence electrons. The van der Waals surface area contributed by atoms with Crippen molar-refractivity contribution in [3.8, 4) is 0 Å². The lowest BCUT2D eigenvalue weighted by Gasteiger charge is -2.09. The van der Waals surface area contributed by atoms with E-state index in [2.05, 4.69) is 0 Å². The molecule has 4 heteroatoms. The molecule has 1 atom stereocenters. The number of rotatable bonds is 3. The molecule has 1 unspecified atom stereocenters. The van der Waals surface area contributed by atoms with Gasteiger partial charge >= 0.3 is 0 Å². The van der Waals surface area contributed by atoms with E-state index >= 15 is 0 Å². The fourth-order valence-corrected chi connectivity index (χ4v) is 1.66. The molecule has 2 nitrogen and oxygen atoms in total. The van der Waals surface area contributed by atoms with Gasteiger partial charge in [-0.1, -0.05) is 0 Å². The molecule has 0 spiro atoms. The molecule has 0 bridgehead atoms. The predicted molar refractivity (Wildman–Crippen MR) is 58.5 cm³/mol. The highest BCUT2D eigenvalue weighted by Crippen LogP contribution is 2.22. The summed E-state index contributed by atoms with van der Waals surface area (Å²) in [5.41, 5.74) is 0.711. The van der Waals surface area contributed by atoms with E-state index in [-0.39, 0.29) is 12.0 Å². The summed E-state index contributed by atoms with van der Waals surface area (Å²) < 4.78 is 31.3.